The first-order valence-corrected chi connectivity index (χ1v) is 20.4. The van der Waals surface area contributed by atoms with E-state index in [1.54, 1.807) is 0 Å². The highest BCUT2D eigenvalue weighted by molar-refractivity contribution is 5.91. The highest BCUT2D eigenvalue weighted by Gasteiger charge is 2.17. The summed E-state index contributed by atoms with van der Waals surface area (Å²) in [5.41, 5.74) is 0. The van der Waals surface area contributed by atoms with Crippen LogP contribution in [-0.2, 0) is 19.1 Å². The summed E-state index contributed by atoms with van der Waals surface area (Å²) in [5.74, 6) is -0.903. The molecular weight excluding hydrogens is 556 g/mol. The van der Waals surface area contributed by atoms with Crippen molar-refractivity contribution in [2.24, 2.45) is 0 Å². The van der Waals surface area contributed by atoms with Crippen LogP contribution in [0.1, 0.15) is 240 Å². The Balaban J connectivity index is 3.50. The van der Waals surface area contributed by atoms with Crippen molar-refractivity contribution in [3.05, 3.63) is 0 Å². The van der Waals surface area contributed by atoms with Gasteiger partial charge in [-0.1, -0.05) is 194 Å². The van der Waals surface area contributed by atoms with Gasteiger partial charge in [-0.25, -0.2) is 0 Å². The average Bonchev–Trinajstić information content (AvgIpc) is 3.00. The zero-order chi connectivity index (χ0) is 33.1. The summed E-state index contributed by atoms with van der Waals surface area (Å²) in [5, 5.41) is 0. The third-order valence-corrected chi connectivity index (χ3v) is 9.38. The van der Waals surface area contributed by atoms with Gasteiger partial charge >= 0.3 is 11.9 Å². The summed E-state index contributed by atoms with van der Waals surface area (Å²) in [7, 11) is 0. The molecule has 0 aliphatic carbocycles. The van der Waals surface area contributed by atoms with Crippen LogP contribution in [0, 0.1) is 0 Å². The lowest BCUT2D eigenvalue weighted by atomic mass is 10.0. The predicted molar refractivity (Wildman–Crippen MR) is 195 cm³/mol. The maximum atomic E-state index is 12.2. The number of hydrogen-bond acceptors (Lipinski definition) is 4. The van der Waals surface area contributed by atoms with Crippen molar-refractivity contribution >= 4 is 11.9 Å². The van der Waals surface area contributed by atoms with Crippen molar-refractivity contribution in [1.82, 2.24) is 0 Å². The minimum absolute atomic E-state index is 0.134. The van der Waals surface area contributed by atoms with Gasteiger partial charge in [0.05, 0.1) is 12.2 Å². The Morgan fingerprint density at radius 3 is 0.778 bits per heavy atom. The molecule has 0 amide bonds. The largest absolute Gasteiger partial charge is 0.462 e. The normalized spacial score (nSPS) is 12.7. The van der Waals surface area contributed by atoms with Crippen LogP contribution < -0.4 is 0 Å². The van der Waals surface area contributed by atoms with E-state index in [2.05, 4.69) is 13.8 Å². The third-order valence-electron chi connectivity index (χ3n) is 9.38. The fourth-order valence-corrected chi connectivity index (χ4v) is 6.37. The topological polar surface area (TPSA) is 52.6 Å². The second-order valence-corrected chi connectivity index (χ2v) is 14.3. The van der Waals surface area contributed by atoms with E-state index in [4.69, 9.17) is 9.47 Å². The van der Waals surface area contributed by atoms with E-state index >= 15 is 0 Å². The fourth-order valence-electron chi connectivity index (χ4n) is 6.37. The van der Waals surface area contributed by atoms with Crippen molar-refractivity contribution in [2.45, 2.75) is 252 Å². The van der Waals surface area contributed by atoms with Crippen molar-refractivity contribution in [1.29, 1.82) is 0 Å². The van der Waals surface area contributed by atoms with Gasteiger partial charge in [0.25, 0.3) is 0 Å². The molecule has 0 aromatic heterocycles. The van der Waals surface area contributed by atoms with Crippen LogP contribution in [0.4, 0.5) is 0 Å². The van der Waals surface area contributed by atoms with E-state index < -0.39 is 11.9 Å². The van der Waals surface area contributed by atoms with Crippen LogP contribution in [0.5, 0.6) is 0 Å². The molecule has 0 aliphatic rings. The molecule has 4 nitrogen and oxygen atoms in total. The van der Waals surface area contributed by atoms with E-state index in [1.807, 2.05) is 13.8 Å². The summed E-state index contributed by atoms with van der Waals surface area (Å²) in [6.07, 6.45) is 41.6. The van der Waals surface area contributed by atoms with Gasteiger partial charge < -0.3 is 9.47 Å². The monoisotopic (exact) mass is 637 g/mol. The van der Waals surface area contributed by atoms with Gasteiger partial charge in [0.15, 0.2) is 0 Å². The van der Waals surface area contributed by atoms with E-state index in [0.29, 0.717) is 0 Å². The molecule has 2 atom stereocenters. The molecule has 0 spiro atoms. The van der Waals surface area contributed by atoms with Crippen LogP contribution in [0.25, 0.3) is 0 Å². The summed E-state index contributed by atoms with van der Waals surface area (Å²) in [4.78, 5) is 24.4. The molecule has 0 N–H and O–H groups in total. The number of esters is 2. The predicted octanol–water partition coefficient (Wildman–Crippen LogP) is 13.8. The Morgan fingerprint density at radius 1 is 0.356 bits per heavy atom. The summed E-state index contributed by atoms with van der Waals surface area (Å²) < 4.78 is 10.9. The molecule has 4 heteroatoms. The van der Waals surface area contributed by atoms with E-state index in [1.165, 1.54) is 180 Å². The molecule has 0 aromatic rings. The summed E-state index contributed by atoms with van der Waals surface area (Å²) in [6, 6.07) is 0. The molecule has 0 heterocycles. The summed E-state index contributed by atoms with van der Waals surface area (Å²) in [6.45, 7) is 8.43. The standard InChI is InChI=1S/C41H80O4/c1-5-7-9-11-13-15-17-19-21-23-25-27-29-31-33-35-38(3)44-40(42)37-41(43)45-39(4)36-34-32-30-28-26-24-22-20-18-16-14-12-10-8-6-2/h38-39H,5-37H2,1-4H3. The van der Waals surface area contributed by atoms with Gasteiger partial charge in [-0.2, -0.15) is 0 Å². The van der Waals surface area contributed by atoms with Crippen molar-refractivity contribution < 1.29 is 19.1 Å². The quantitative estimate of drug-likeness (QED) is 0.0390. The van der Waals surface area contributed by atoms with Crippen molar-refractivity contribution in [3.63, 3.8) is 0 Å². The fraction of sp³-hybridized carbons (Fsp3) is 0.951. The third kappa shape index (κ3) is 35.6. The SMILES string of the molecule is CCCCCCCCCCCCCCCCCC(C)OC(=O)CC(=O)OC(C)CCCCCCCCCCCCCCCCC. The number of ether oxygens (including phenoxy) is 2. The first-order chi connectivity index (χ1) is 22.0. The zero-order valence-corrected chi connectivity index (χ0v) is 31.1. The maximum Gasteiger partial charge on any atom is 0.317 e. The van der Waals surface area contributed by atoms with Crippen LogP contribution in [0.2, 0.25) is 0 Å². The van der Waals surface area contributed by atoms with Gasteiger partial charge in [0.2, 0.25) is 0 Å². The molecule has 0 bridgehead atoms. The Kier molecular flexibility index (Phi) is 34.9. The first kappa shape index (κ1) is 43.9. The molecule has 0 fully saturated rings. The number of carbonyl (C=O) groups excluding carboxylic acids is 2. The Bertz CT molecular complexity index is 567. The molecule has 45 heavy (non-hydrogen) atoms. The van der Waals surface area contributed by atoms with E-state index in [9.17, 15) is 9.59 Å². The van der Waals surface area contributed by atoms with Crippen LogP contribution in [0.15, 0.2) is 0 Å². The van der Waals surface area contributed by atoms with Crippen molar-refractivity contribution in [3.8, 4) is 0 Å². The molecular formula is C41H80O4. The lowest BCUT2D eigenvalue weighted by Gasteiger charge is -2.15. The smallest absolute Gasteiger partial charge is 0.317 e. The average molecular weight is 637 g/mol. The minimum atomic E-state index is -0.451. The van der Waals surface area contributed by atoms with E-state index in [-0.39, 0.29) is 18.6 Å². The molecule has 0 saturated heterocycles. The van der Waals surface area contributed by atoms with Gasteiger partial charge in [-0.05, 0) is 39.5 Å². The second kappa shape index (κ2) is 35.8. The van der Waals surface area contributed by atoms with Crippen molar-refractivity contribution in [2.75, 3.05) is 0 Å². The Morgan fingerprint density at radius 2 is 0.556 bits per heavy atom. The first-order valence-electron chi connectivity index (χ1n) is 20.4. The summed E-state index contributed by atoms with van der Waals surface area (Å²) >= 11 is 0. The highest BCUT2D eigenvalue weighted by atomic mass is 16.6. The molecule has 0 radical (unpaired) electrons. The molecule has 0 rings (SSSR count). The minimum Gasteiger partial charge on any atom is -0.462 e. The lowest BCUT2D eigenvalue weighted by Crippen LogP contribution is -2.21. The number of hydrogen-bond donors (Lipinski definition) is 0. The van der Waals surface area contributed by atoms with Gasteiger partial charge in [-0.15, -0.1) is 0 Å². The van der Waals surface area contributed by atoms with Gasteiger partial charge in [-0.3, -0.25) is 9.59 Å². The molecule has 0 aromatic carbocycles. The van der Waals surface area contributed by atoms with Crippen LogP contribution in [-0.4, -0.2) is 24.1 Å². The Hall–Kier alpha value is -1.06. The number of unbranched alkanes of at least 4 members (excludes halogenated alkanes) is 28. The maximum absolute atomic E-state index is 12.2. The molecule has 0 saturated carbocycles. The van der Waals surface area contributed by atoms with Crippen LogP contribution >= 0.6 is 0 Å². The Labute approximate surface area is 282 Å². The molecule has 0 aliphatic heterocycles. The van der Waals surface area contributed by atoms with Crippen LogP contribution in [0.3, 0.4) is 0 Å². The number of rotatable bonds is 36. The van der Waals surface area contributed by atoms with E-state index in [0.717, 1.165) is 25.7 Å². The zero-order valence-electron chi connectivity index (χ0n) is 31.1. The lowest BCUT2D eigenvalue weighted by molar-refractivity contribution is -0.159. The number of carbonyl (C=O) groups is 2. The second-order valence-electron chi connectivity index (χ2n) is 14.3. The van der Waals surface area contributed by atoms with Gasteiger partial charge in [0.1, 0.15) is 6.42 Å². The van der Waals surface area contributed by atoms with Gasteiger partial charge in [0, 0.05) is 0 Å². The molecule has 268 valence electrons. The highest BCUT2D eigenvalue weighted by Crippen LogP contribution is 2.17. The molecule has 2 unspecified atom stereocenters.